The molecule has 7 heteroatoms. The first-order chi connectivity index (χ1) is 15.9. The fourth-order valence-electron chi connectivity index (χ4n) is 3.97. The van der Waals surface area contributed by atoms with Gasteiger partial charge in [0.2, 0.25) is 5.95 Å². The largest absolute Gasteiger partial charge is 0.381 e. The van der Waals surface area contributed by atoms with Crippen molar-refractivity contribution in [2.45, 2.75) is 46.2 Å². The normalized spacial score (nSPS) is 14.2. The topological polar surface area (TPSA) is 85.2 Å². The molecule has 0 aliphatic carbocycles. The van der Waals surface area contributed by atoms with Crippen LogP contribution < -0.4 is 16.2 Å². The van der Waals surface area contributed by atoms with Crippen LogP contribution in [0.3, 0.4) is 0 Å². The highest BCUT2D eigenvalue weighted by molar-refractivity contribution is 5.93. The summed E-state index contributed by atoms with van der Waals surface area (Å²) in [6, 6.07) is 14.1. The maximum Gasteiger partial charge on any atom is 0.287 e. The Labute approximate surface area is 193 Å². The highest BCUT2D eigenvalue weighted by Crippen LogP contribution is 2.23. The molecule has 1 aromatic heterocycles. The van der Waals surface area contributed by atoms with Crippen molar-refractivity contribution in [1.82, 2.24) is 14.9 Å². The van der Waals surface area contributed by atoms with E-state index in [9.17, 15) is 9.59 Å². The predicted molar refractivity (Wildman–Crippen MR) is 129 cm³/mol. The van der Waals surface area contributed by atoms with Crippen LogP contribution in [0.25, 0.3) is 0 Å². The van der Waals surface area contributed by atoms with Gasteiger partial charge >= 0.3 is 0 Å². The number of carbonyl (C=O) groups is 1. The monoisotopic (exact) mass is 446 g/mol. The van der Waals surface area contributed by atoms with Gasteiger partial charge in [0.25, 0.3) is 11.5 Å². The van der Waals surface area contributed by atoms with Crippen LogP contribution >= 0.6 is 0 Å². The van der Waals surface area contributed by atoms with Gasteiger partial charge in [0.05, 0.1) is 6.54 Å². The fourth-order valence-corrected chi connectivity index (χ4v) is 3.97. The second-order valence-corrected chi connectivity index (χ2v) is 8.63. The van der Waals surface area contributed by atoms with Gasteiger partial charge in [-0.15, -0.1) is 0 Å². The third kappa shape index (κ3) is 5.49. The molecule has 4 rings (SSSR count). The number of amides is 1. The van der Waals surface area contributed by atoms with Gasteiger partial charge in [0, 0.05) is 31.1 Å². The van der Waals surface area contributed by atoms with E-state index in [1.165, 1.54) is 5.56 Å². The number of rotatable bonds is 6. The number of aromatic nitrogens is 2. The summed E-state index contributed by atoms with van der Waals surface area (Å²) in [6.07, 6.45) is 3.09. The zero-order chi connectivity index (χ0) is 23.4. The quantitative estimate of drug-likeness (QED) is 0.600. The van der Waals surface area contributed by atoms with Crippen molar-refractivity contribution in [3.8, 4) is 0 Å². The molecule has 2 heterocycles. The van der Waals surface area contributed by atoms with Crippen molar-refractivity contribution < 1.29 is 9.53 Å². The van der Waals surface area contributed by atoms with Crippen LogP contribution in [0.15, 0.2) is 53.5 Å². The number of aryl methyl sites for hydroxylation is 3. The second-order valence-electron chi connectivity index (χ2n) is 8.63. The van der Waals surface area contributed by atoms with E-state index in [0.29, 0.717) is 25.7 Å². The van der Waals surface area contributed by atoms with E-state index in [0.717, 1.165) is 35.2 Å². The van der Waals surface area contributed by atoms with Gasteiger partial charge in [0.15, 0.2) is 0 Å². The Kier molecular flexibility index (Phi) is 6.89. The predicted octanol–water partition coefficient (Wildman–Crippen LogP) is 3.87. The molecule has 0 bridgehead atoms. The molecule has 1 aliphatic rings. The molecule has 0 saturated carbocycles. The van der Waals surface area contributed by atoms with E-state index in [1.54, 1.807) is 6.20 Å². The highest BCUT2D eigenvalue weighted by atomic mass is 16.5. The summed E-state index contributed by atoms with van der Waals surface area (Å²) in [7, 11) is 0. The number of ether oxygens (including phenoxy) is 1. The Morgan fingerprint density at radius 2 is 1.76 bits per heavy atom. The molecule has 7 nitrogen and oxygen atoms in total. The smallest absolute Gasteiger partial charge is 0.287 e. The number of nitrogens with one attached hydrogen (secondary N) is 2. The van der Waals surface area contributed by atoms with E-state index in [1.807, 2.05) is 48.7 Å². The van der Waals surface area contributed by atoms with Gasteiger partial charge in [-0.05, 0) is 61.9 Å². The summed E-state index contributed by atoms with van der Waals surface area (Å²) >= 11 is 0. The van der Waals surface area contributed by atoms with Crippen molar-refractivity contribution in [2.75, 3.05) is 18.5 Å². The number of anilines is 2. The summed E-state index contributed by atoms with van der Waals surface area (Å²) in [5, 5.41) is 6.29. The first kappa shape index (κ1) is 22.7. The summed E-state index contributed by atoms with van der Waals surface area (Å²) < 4.78 is 7.18. The molecule has 1 amide bonds. The van der Waals surface area contributed by atoms with Crippen LogP contribution in [0.2, 0.25) is 0 Å². The van der Waals surface area contributed by atoms with Crippen LogP contribution in [-0.4, -0.2) is 34.7 Å². The third-order valence-electron chi connectivity index (χ3n) is 6.08. The molecule has 33 heavy (non-hydrogen) atoms. The highest BCUT2D eigenvalue weighted by Gasteiger charge is 2.21. The Bertz CT molecular complexity index is 1200. The number of hydrogen-bond donors (Lipinski definition) is 2. The molecule has 2 aromatic carbocycles. The number of carbonyl (C=O) groups excluding carboxylic acids is 1. The van der Waals surface area contributed by atoms with Crippen LogP contribution in [0.1, 0.15) is 45.5 Å². The Morgan fingerprint density at radius 3 is 2.48 bits per heavy atom. The lowest BCUT2D eigenvalue weighted by Gasteiger charge is -2.23. The van der Waals surface area contributed by atoms with Gasteiger partial charge in [-0.2, -0.15) is 4.98 Å². The van der Waals surface area contributed by atoms with Gasteiger partial charge < -0.3 is 19.9 Å². The van der Waals surface area contributed by atoms with E-state index in [-0.39, 0.29) is 11.6 Å². The minimum atomic E-state index is -0.548. The summed E-state index contributed by atoms with van der Waals surface area (Å²) in [6.45, 7) is 7.83. The number of nitrogens with zero attached hydrogens (tertiary/aromatic N) is 2. The molecule has 1 fully saturated rings. The molecule has 0 spiro atoms. The third-order valence-corrected chi connectivity index (χ3v) is 6.08. The Hall–Kier alpha value is -3.45. The molecule has 0 radical (unpaired) electrons. The van der Waals surface area contributed by atoms with Crippen molar-refractivity contribution in [3.63, 3.8) is 0 Å². The summed E-state index contributed by atoms with van der Waals surface area (Å²) in [5.74, 6) is 0.00736. The zero-order valence-corrected chi connectivity index (χ0v) is 19.4. The lowest BCUT2D eigenvalue weighted by atomic mass is 10.1. The average Bonchev–Trinajstić information content (AvgIpc) is 2.80. The SMILES string of the molecule is Cc1cc(C)c(Nc2nc(=O)c(C(=O)NC3CCOCC3)cn2Cc2ccccc2)cc1C. The van der Waals surface area contributed by atoms with Gasteiger partial charge in [0.1, 0.15) is 5.56 Å². The molecule has 1 saturated heterocycles. The second kappa shape index (κ2) is 10.0. The van der Waals surface area contributed by atoms with Crippen LogP contribution in [0.4, 0.5) is 11.6 Å². The lowest BCUT2D eigenvalue weighted by Crippen LogP contribution is -2.41. The molecule has 1 aliphatic heterocycles. The van der Waals surface area contributed by atoms with Crippen molar-refractivity contribution in [3.05, 3.63) is 86.8 Å². The Morgan fingerprint density at radius 1 is 1.06 bits per heavy atom. The van der Waals surface area contributed by atoms with Crippen LogP contribution in [0, 0.1) is 20.8 Å². The maximum atomic E-state index is 12.9. The van der Waals surface area contributed by atoms with Crippen molar-refractivity contribution in [2.24, 2.45) is 0 Å². The average molecular weight is 447 g/mol. The first-order valence-corrected chi connectivity index (χ1v) is 11.3. The molecular weight excluding hydrogens is 416 g/mol. The molecule has 2 N–H and O–H groups in total. The minimum absolute atomic E-state index is 0.00390. The molecule has 0 atom stereocenters. The molecule has 3 aromatic rings. The Balaban J connectivity index is 1.69. The molecule has 172 valence electrons. The van der Waals surface area contributed by atoms with Crippen LogP contribution in [-0.2, 0) is 11.3 Å². The van der Waals surface area contributed by atoms with Crippen molar-refractivity contribution in [1.29, 1.82) is 0 Å². The fraction of sp³-hybridized carbons (Fsp3) is 0.346. The maximum absolute atomic E-state index is 12.9. The van der Waals surface area contributed by atoms with E-state index < -0.39 is 11.5 Å². The summed E-state index contributed by atoms with van der Waals surface area (Å²) in [5.41, 5.74) is 4.82. The van der Waals surface area contributed by atoms with E-state index >= 15 is 0 Å². The number of hydrogen-bond acceptors (Lipinski definition) is 5. The number of benzene rings is 2. The standard InChI is InChI=1S/C26H30N4O3/c1-17-13-19(3)23(14-18(17)2)28-26-29-25(32)22(24(31)27-21-9-11-33-12-10-21)16-30(26)15-20-7-5-4-6-8-20/h4-8,13-14,16,21H,9-12,15H2,1-3H3,(H,27,31)(H,28,29,32). The zero-order valence-electron chi connectivity index (χ0n) is 19.4. The van der Waals surface area contributed by atoms with Gasteiger partial charge in [-0.25, -0.2) is 0 Å². The van der Waals surface area contributed by atoms with Gasteiger partial charge in [-0.1, -0.05) is 36.4 Å². The van der Waals surface area contributed by atoms with Crippen molar-refractivity contribution >= 4 is 17.5 Å². The lowest BCUT2D eigenvalue weighted by molar-refractivity contribution is 0.0695. The molecular formula is C26H30N4O3. The van der Waals surface area contributed by atoms with Gasteiger partial charge in [-0.3, -0.25) is 9.59 Å². The van der Waals surface area contributed by atoms with E-state index in [2.05, 4.69) is 34.7 Å². The first-order valence-electron chi connectivity index (χ1n) is 11.3. The summed E-state index contributed by atoms with van der Waals surface area (Å²) in [4.78, 5) is 30.1. The minimum Gasteiger partial charge on any atom is -0.381 e. The van der Waals surface area contributed by atoms with Crippen LogP contribution in [0.5, 0.6) is 0 Å². The molecule has 0 unspecified atom stereocenters. The van der Waals surface area contributed by atoms with E-state index in [4.69, 9.17) is 4.74 Å².